The van der Waals surface area contributed by atoms with Crippen molar-refractivity contribution in [2.24, 2.45) is 0 Å². The first kappa shape index (κ1) is 23.7. The van der Waals surface area contributed by atoms with Gasteiger partial charge in [0, 0.05) is 31.1 Å². The van der Waals surface area contributed by atoms with Crippen LogP contribution in [0.5, 0.6) is 11.5 Å². The van der Waals surface area contributed by atoms with E-state index in [9.17, 15) is 9.59 Å². The van der Waals surface area contributed by atoms with E-state index in [0.29, 0.717) is 17.2 Å². The van der Waals surface area contributed by atoms with E-state index < -0.39 is 0 Å². The predicted octanol–water partition coefficient (Wildman–Crippen LogP) is 3.08. The Morgan fingerprint density at radius 3 is 2.68 bits per heavy atom. The fourth-order valence-electron chi connectivity index (χ4n) is 2.78. The highest BCUT2D eigenvalue weighted by Gasteiger charge is 2.22. The minimum Gasteiger partial charge on any atom is -0.457 e. The highest BCUT2D eigenvalue weighted by Crippen LogP contribution is 2.28. The number of pyridine rings is 1. The summed E-state index contributed by atoms with van der Waals surface area (Å²) in [6, 6.07) is 8.62. The lowest BCUT2D eigenvalue weighted by Gasteiger charge is -2.14. The third-order valence-electron chi connectivity index (χ3n) is 4.25. The summed E-state index contributed by atoms with van der Waals surface area (Å²) < 4.78 is 5.91. The minimum absolute atomic E-state index is 0. The topological polar surface area (TPSA) is 92.4 Å². The summed E-state index contributed by atoms with van der Waals surface area (Å²) in [5.74, 6) is 0.791. The monoisotopic (exact) mass is 426 g/mol. The van der Waals surface area contributed by atoms with E-state index in [4.69, 9.17) is 4.74 Å². The van der Waals surface area contributed by atoms with Crippen molar-refractivity contribution >= 4 is 42.3 Å². The van der Waals surface area contributed by atoms with Gasteiger partial charge in [0.25, 0.3) is 5.91 Å². The van der Waals surface area contributed by atoms with Crippen molar-refractivity contribution in [3.05, 3.63) is 47.8 Å². The van der Waals surface area contributed by atoms with Crippen LogP contribution < -0.4 is 20.7 Å². The second-order valence-corrected chi connectivity index (χ2v) is 6.18. The van der Waals surface area contributed by atoms with Gasteiger partial charge in [-0.05, 0) is 44.0 Å². The lowest BCUT2D eigenvalue weighted by Crippen LogP contribution is -2.35. The number of aryl methyl sites for hydroxylation is 1. The average molecular weight is 427 g/mol. The molecule has 0 spiro atoms. The van der Waals surface area contributed by atoms with Crippen LogP contribution in [0.25, 0.3) is 0 Å². The van der Waals surface area contributed by atoms with Crippen molar-refractivity contribution < 1.29 is 14.3 Å². The van der Waals surface area contributed by atoms with E-state index in [0.717, 1.165) is 24.9 Å². The fourth-order valence-corrected chi connectivity index (χ4v) is 2.78. The molecule has 0 saturated carbocycles. The number of carbonyl (C=O) groups excluding carboxylic acids is 2. The molecule has 1 aromatic carbocycles. The molecule has 1 atom stereocenters. The molecular weight excluding hydrogens is 403 g/mol. The SMILES string of the molecule is CNC(=O)c1cc(Oc2cc(NC(=O)C3CCCN3)ccc2C)ccn1.Cl.Cl. The number of nitrogens with zero attached hydrogens (tertiary/aromatic N) is 1. The predicted molar refractivity (Wildman–Crippen MR) is 113 cm³/mol. The quantitative estimate of drug-likeness (QED) is 0.682. The molecule has 2 aromatic rings. The maximum Gasteiger partial charge on any atom is 0.269 e. The minimum atomic E-state index is -0.280. The summed E-state index contributed by atoms with van der Waals surface area (Å²) in [4.78, 5) is 28.0. The highest BCUT2D eigenvalue weighted by atomic mass is 35.5. The van der Waals surface area contributed by atoms with Gasteiger partial charge in [-0.3, -0.25) is 14.6 Å². The second kappa shape index (κ2) is 10.8. The molecule has 7 nitrogen and oxygen atoms in total. The molecule has 28 heavy (non-hydrogen) atoms. The summed E-state index contributed by atoms with van der Waals surface area (Å²) in [5.41, 5.74) is 1.87. The summed E-state index contributed by atoms with van der Waals surface area (Å²) >= 11 is 0. The Morgan fingerprint density at radius 1 is 1.21 bits per heavy atom. The number of benzene rings is 1. The fraction of sp³-hybridized carbons (Fsp3) is 0.316. The second-order valence-electron chi connectivity index (χ2n) is 6.18. The van der Waals surface area contributed by atoms with Crippen LogP contribution in [-0.4, -0.2) is 36.4 Å². The van der Waals surface area contributed by atoms with Crippen molar-refractivity contribution in [3.63, 3.8) is 0 Å². The first-order chi connectivity index (χ1) is 12.6. The summed E-state index contributed by atoms with van der Waals surface area (Å²) in [7, 11) is 1.55. The number of anilines is 1. The molecule has 2 amide bonds. The van der Waals surface area contributed by atoms with Crippen LogP contribution >= 0.6 is 24.8 Å². The van der Waals surface area contributed by atoms with Crippen LogP contribution in [0, 0.1) is 6.92 Å². The van der Waals surface area contributed by atoms with Crippen LogP contribution in [0.3, 0.4) is 0 Å². The lowest BCUT2D eigenvalue weighted by molar-refractivity contribution is -0.117. The number of ether oxygens (including phenoxy) is 1. The Labute approximate surface area is 176 Å². The summed E-state index contributed by atoms with van der Waals surface area (Å²) in [6.07, 6.45) is 3.38. The Kier molecular flexibility index (Phi) is 9.18. The van der Waals surface area contributed by atoms with E-state index in [1.165, 1.54) is 6.20 Å². The zero-order chi connectivity index (χ0) is 18.5. The normalized spacial score (nSPS) is 15.0. The van der Waals surface area contributed by atoms with Crippen molar-refractivity contribution in [1.29, 1.82) is 0 Å². The average Bonchev–Trinajstić information content (AvgIpc) is 3.19. The maximum absolute atomic E-state index is 12.3. The Hall–Kier alpha value is -2.35. The van der Waals surface area contributed by atoms with E-state index in [2.05, 4.69) is 20.9 Å². The van der Waals surface area contributed by atoms with Crippen LogP contribution in [0.2, 0.25) is 0 Å². The smallest absolute Gasteiger partial charge is 0.269 e. The standard InChI is InChI=1S/C19H22N4O3.2ClH/c1-12-5-6-13(23-19(25)15-4-3-8-21-15)10-17(12)26-14-7-9-22-16(11-14)18(24)20-2;;/h5-7,9-11,15,21H,3-4,8H2,1-2H3,(H,20,24)(H,23,25);2*1H. The number of nitrogens with one attached hydrogen (secondary N) is 3. The number of aromatic nitrogens is 1. The van der Waals surface area contributed by atoms with E-state index in [1.807, 2.05) is 19.1 Å². The third-order valence-corrected chi connectivity index (χ3v) is 4.25. The molecule has 0 bridgehead atoms. The van der Waals surface area contributed by atoms with Crippen LogP contribution in [-0.2, 0) is 4.79 Å². The number of amides is 2. The van der Waals surface area contributed by atoms with Crippen molar-refractivity contribution in [2.45, 2.75) is 25.8 Å². The van der Waals surface area contributed by atoms with Crippen molar-refractivity contribution in [2.75, 3.05) is 18.9 Å². The summed E-state index contributed by atoms with van der Waals surface area (Å²) in [5, 5.41) is 8.63. The van der Waals surface area contributed by atoms with Gasteiger partial charge in [0.05, 0.1) is 6.04 Å². The van der Waals surface area contributed by atoms with Gasteiger partial charge < -0.3 is 20.7 Å². The van der Waals surface area contributed by atoms with Crippen molar-refractivity contribution in [1.82, 2.24) is 15.6 Å². The van der Waals surface area contributed by atoms with Gasteiger partial charge >= 0.3 is 0 Å². The zero-order valence-electron chi connectivity index (χ0n) is 15.7. The first-order valence-corrected chi connectivity index (χ1v) is 8.57. The highest BCUT2D eigenvalue weighted by molar-refractivity contribution is 5.95. The number of hydrogen-bond acceptors (Lipinski definition) is 5. The molecule has 0 radical (unpaired) electrons. The lowest BCUT2D eigenvalue weighted by atomic mass is 10.1. The molecule has 2 heterocycles. The van der Waals surface area contributed by atoms with E-state index in [-0.39, 0.29) is 48.4 Å². The molecule has 9 heteroatoms. The van der Waals surface area contributed by atoms with Gasteiger partial charge in [-0.1, -0.05) is 6.07 Å². The molecule has 1 aliphatic heterocycles. The van der Waals surface area contributed by atoms with Gasteiger partial charge in [-0.15, -0.1) is 24.8 Å². The summed E-state index contributed by atoms with van der Waals surface area (Å²) in [6.45, 7) is 2.79. The zero-order valence-corrected chi connectivity index (χ0v) is 17.3. The van der Waals surface area contributed by atoms with Gasteiger partial charge in [-0.25, -0.2) is 0 Å². The molecule has 1 fully saturated rings. The Balaban J connectivity index is 0.00000196. The molecule has 1 unspecified atom stereocenters. The number of carbonyl (C=O) groups is 2. The Bertz CT molecular complexity index is 827. The van der Waals surface area contributed by atoms with E-state index >= 15 is 0 Å². The molecule has 0 aliphatic carbocycles. The van der Waals surface area contributed by atoms with Crippen LogP contribution in [0.15, 0.2) is 36.5 Å². The number of halogens is 2. The molecule has 1 aromatic heterocycles. The molecule has 3 rings (SSSR count). The van der Waals surface area contributed by atoms with Gasteiger partial charge in [0.15, 0.2) is 0 Å². The molecule has 152 valence electrons. The Morgan fingerprint density at radius 2 is 2.00 bits per heavy atom. The largest absolute Gasteiger partial charge is 0.457 e. The van der Waals surface area contributed by atoms with Crippen LogP contribution in [0.1, 0.15) is 28.9 Å². The molecule has 1 aliphatic rings. The molecule has 1 saturated heterocycles. The van der Waals surface area contributed by atoms with Crippen LogP contribution in [0.4, 0.5) is 5.69 Å². The molecule has 3 N–H and O–H groups in total. The number of hydrogen-bond donors (Lipinski definition) is 3. The number of rotatable bonds is 5. The van der Waals surface area contributed by atoms with Gasteiger partial charge in [-0.2, -0.15) is 0 Å². The van der Waals surface area contributed by atoms with E-state index in [1.54, 1.807) is 25.2 Å². The van der Waals surface area contributed by atoms with Crippen molar-refractivity contribution in [3.8, 4) is 11.5 Å². The maximum atomic E-state index is 12.3. The van der Waals surface area contributed by atoms with Gasteiger partial charge in [0.1, 0.15) is 17.2 Å². The molecular formula is C19H24Cl2N4O3. The van der Waals surface area contributed by atoms with Gasteiger partial charge in [0.2, 0.25) is 5.91 Å². The first-order valence-electron chi connectivity index (χ1n) is 8.57. The third kappa shape index (κ3) is 5.82.